The maximum absolute atomic E-state index is 12.5. The number of aromatic hydroxyl groups is 1. The number of nitrogens with zero attached hydrogens (tertiary/aromatic N) is 3. The molecule has 0 spiro atoms. The van der Waals surface area contributed by atoms with Crippen molar-refractivity contribution in [3.63, 3.8) is 0 Å². The summed E-state index contributed by atoms with van der Waals surface area (Å²) in [4.78, 5) is 9.79. The third-order valence-corrected chi connectivity index (χ3v) is 13.0. The van der Waals surface area contributed by atoms with Gasteiger partial charge < -0.3 is 5.11 Å². The molecule has 7 aromatic carbocycles. The molecule has 9 aromatic rings. The molecule has 0 saturated heterocycles. The van der Waals surface area contributed by atoms with E-state index in [1.807, 2.05) is 115 Å². The normalized spacial score (nSPS) is 16.8. The van der Waals surface area contributed by atoms with Gasteiger partial charge in [-0.1, -0.05) is 204 Å². The third-order valence-electron chi connectivity index (χ3n) is 13.0. The number of hydrogen-bond acceptors (Lipinski definition) is 3. The van der Waals surface area contributed by atoms with E-state index in [0.717, 1.165) is 27.8 Å². The Labute approximate surface area is 470 Å². The monoisotopic (exact) mass is 1150 g/mol. The SMILES string of the molecule is [2H]c1nc(-c2[c-]c(-c3cccc4c3nc(-c3cc(C(C)C)cc(C(C)C)c3O)n4-c3ccc(-c4c(-c5ccccc5)cccc4C(C)(C)C)cc3C([2H])([2H])[2H])cc(C(C)(C)C)c2)c([2H])c(-c2c([2H])c([2H])c(C(C([2H])([2H])[2H])(C([2H])([2H])[2H])C([2H])([2H])[2H])c([2H])c2[2H])c1[2H].[Pt]. The first-order valence-corrected chi connectivity index (χ1v) is 23.9. The first kappa shape index (κ1) is 32.7. The van der Waals surface area contributed by atoms with E-state index in [1.54, 1.807) is 41.0 Å². The Kier molecular flexibility index (Phi) is 9.04. The van der Waals surface area contributed by atoms with E-state index in [4.69, 9.17) is 22.8 Å². The van der Waals surface area contributed by atoms with Crippen LogP contribution in [0.25, 0.3) is 83.9 Å². The third kappa shape index (κ3) is 10.2. The molecule has 9 rings (SSSR count). The zero-order valence-corrected chi connectivity index (χ0v) is 44.4. The van der Waals surface area contributed by atoms with Crippen molar-refractivity contribution < 1.29 is 52.2 Å². The molecule has 0 bridgehead atoms. The van der Waals surface area contributed by atoms with Crippen LogP contribution in [0, 0.1) is 12.9 Å². The molecule has 4 nitrogen and oxygen atoms in total. The average Bonchev–Trinajstić information content (AvgIpc) is 1.32. The van der Waals surface area contributed by atoms with Gasteiger partial charge in [0.15, 0.2) is 0 Å². The van der Waals surface area contributed by atoms with Crippen molar-refractivity contribution in [3.8, 4) is 78.6 Å². The molecule has 5 heteroatoms. The van der Waals surface area contributed by atoms with Crippen LogP contribution in [0.2, 0.25) is 0 Å². The minimum absolute atomic E-state index is 0. The van der Waals surface area contributed by atoms with Gasteiger partial charge in [0, 0.05) is 49.4 Å². The Bertz CT molecular complexity index is 4250. The van der Waals surface area contributed by atoms with E-state index in [9.17, 15) is 13.3 Å². The number of phenols is 1. The van der Waals surface area contributed by atoms with Crippen molar-refractivity contribution in [2.45, 2.75) is 125 Å². The number of phenolic OH excluding ortho intramolecular Hbond substituents is 1. The van der Waals surface area contributed by atoms with E-state index in [2.05, 4.69) is 37.9 Å². The zero-order chi connectivity index (χ0) is 66.8. The van der Waals surface area contributed by atoms with Crippen molar-refractivity contribution in [3.05, 3.63) is 191 Å². The van der Waals surface area contributed by atoms with Crippen molar-refractivity contribution in [1.82, 2.24) is 14.5 Å². The van der Waals surface area contributed by atoms with Gasteiger partial charge in [-0.3, -0.25) is 9.55 Å². The Morgan fingerprint density at radius 1 is 0.625 bits per heavy atom. The fourth-order valence-electron chi connectivity index (χ4n) is 9.07. The van der Waals surface area contributed by atoms with Crippen molar-refractivity contribution in [1.29, 1.82) is 0 Å². The quantitative estimate of drug-likeness (QED) is 0.147. The number of benzene rings is 7. The number of para-hydroxylation sites is 1. The fourth-order valence-corrected chi connectivity index (χ4v) is 9.07. The number of aryl methyl sites for hydroxylation is 1. The summed E-state index contributed by atoms with van der Waals surface area (Å²) in [7, 11) is 0. The molecule has 2 aromatic heterocycles. The van der Waals surface area contributed by atoms with E-state index in [-0.39, 0.29) is 72.4 Å². The summed E-state index contributed by atoms with van der Waals surface area (Å²) in [6.45, 7) is 5.52. The summed E-state index contributed by atoms with van der Waals surface area (Å²) >= 11 is 0. The molecule has 0 aliphatic rings. The Morgan fingerprint density at radius 2 is 1.33 bits per heavy atom. The Morgan fingerprint density at radius 3 is 2.00 bits per heavy atom. The molecule has 2 heterocycles. The van der Waals surface area contributed by atoms with E-state index < -0.39 is 97.4 Å². The topological polar surface area (TPSA) is 50.9 Å². The summed E-state index contributed by atoms with van der Waals surface area (Å²) in [5, 5.41) is 12.5. The first-order valence-electron chi connectivity index (χ1n) is 33.4. The summed E-state index contributed by atoms with van der Waals surface area (Å²) < 4.78 is 169. The second-order valence-corrected chi connectivity index (χ2v) is 21.0. The molecule has 0 radical (unpaired) electrons. The van der Waals surface area contributed by atoms with E-state index >= 15 is 0 Å². The van der Waals surface area contributed by atoms with Gasteiger partial charge in [0.1, 0.15) is 11.6 Å². The first-order chi connectivity index (χ1) is 41.5. The van der Waals surface area contributed by atoms with Gasteiger partial charge in [-0.15, -0.1) is 29.3 Å². The van der Waals surface area contributed by atoms with Crippen LogP contribution in [0.5, 0.6) is 5.75 Å². The average molecular weight is 1150 g/mol. The summed E-state index contributed by atoms with van der Waals surface area (Å²) in [5.41, 5.74) is 0.553. The molecule has 0 unspecified atom stereocenters. The number of pyridine rings is 1. The number of rotatable bonds is 9. The van der Waals surface area contributed by atoms with Crippen LogP contribution in [0.15, 0.2) is 152 Å². The Balaban J connectivity index is 0.0000107. The van der Waals surface area contributed by atoms with Crippen molar-refractivity contribution in [2.24, 2.45) is 0 Å². The molecule has 0 atom stereocenters. The van der Waals surface area contributed by atoms with Gasteiger partial charge in [0.2, 0.25) is 0 Å². The second-order valence-electron chi connectivity index (χ2n) is 21.0. The van der Waals surface area contributed by atoms with E-state index in [0.29, 0.717) is 44.4 Å². The van der Waals surface area contributed by atoms with Gasteiger partial charge in [-0.05, 0) is 126 Å². The van der Waals surface area contributed by atoms with Crippen LogP contribution in [0.4, 0.5) is 0 Å². The molecule has 370 valence electrons. The maximum atomic E-state index is 12.5. The van der Waals surface area contributed by atoms with Gasteiger partial charge >= 0.3 is 0 Å². The summed E-state index contributed by atoms with van der Waals surface area (Å²) in [6.07, 6.45) is -0.793. The smallest absolute Gasteiger partial charge is 0.148 e. The number of hydrogen-bond donors (Lipinski definition) is 1. The molecule has 0 aliphatic carbocycles. The van der Waals surface area contributed by atoms with Crippen LogP contribution < -0.4 is 0 Å². The predicted molar refractivity (Wildman–Crippen MR) is 301 cm³/mol. The molecular formula is C67H70N3OPt-. The van der Waals surface area contributed by atoms with Gasteiger partial charge in [-0.25, -0.2) is 4.98 Å². The van der Waals surface area contributed by atoms with Crippen LogP contribution >= 0.6 is 0 Å². The zero-order valence-electron chi connectivity index (χ0n) is 61.2. The minimum Gasteiger partial charge on any atom is -0.507 e. The molecule has 1 N–H and O–H groups in total. The van der Waals surface area contributed by atoms with Crippen molar-refractivity contribution >= 4 is 11.0 Å². The van der Waals surface area contributed by atoms with Crippen molar-refractivity contribution in [2.75, 3.05) is 0 Å². The number of fused-ring (bicyclic) bond motifs is 1. The molecule has 72 heavy (non-hydrogen) atoms. The van der Waals surface area contributed by atoms with Gasteiger partial charge in [0.05, 0.1) is 31.9 Å². The molecule has 0 fully saturated rings. The molecule has 0 saturated carbocycles. The Hall–Kier alpha value is -6.35. The predicted octanol–water partition coefficient (Wildman–Crippen LogP) is 18.4. The minimum atomic E-state index is -3.96. The largest absolute Gasteiger partial charge is 0.507 e. The van der Waals surface area contributed by atoms with Crippen LogP contribution in [-0.2, 0) is 37.3 Å². The van der Waals surface area contributed by atoms with E-state index in [1.165, 1.54) is 0 Å². The molecule has 0 amide bonds. The standard InChI is InChI=1S/C67H70N3O.Pt/c1-41(2)48-38-55(42(3)4)63(71)56(39-48)64-69-62-54(49-35-50(37-52(36-49)66(9,10)11)58-40-46(32-33-68-58)44-26-29-51(30-27-44)65(6,7)8)23-19-25-60(62)70(64)59-31-28-47(34-43(59)5)61-53(45-20-16-15-17-21-45)22-18-24-57(61)67(12,13)14;/h15-34,36-42,71H,1-14H3;/q-1;/i5D3,6D3,7D3,8D3,26D,27D,29D,30D,32D,33D,40D;. The van der Waals surface area contributed by atoms with Crippen LogP contribution in [-0.4, -0.2) is 19.6 Å². The van der Waals surface area contributed by atoms with Gasteiger partial charge in [-0.2, -0.15) is 0 Å². The van der Waals surface area contributed by atoms with Crippen LogP contribution in [0.3, 0.4) is 0 Å². The summed E-state index contributed by atoms with van der Waals surface area (Å²) in [5.74, 6) is -0.00219. The summed E-state index contributed by atoms with van der Waals surface area (Å²) in [6, 6.07) is 30.9. The number of aromatic nitrogens is 3. The maximum Gasteiger partial charge on any atom is 0.148 e. The molecule has 0 aliphatic heterocycles. The van der Waals surface area contributed by atoms with Gasteiger partial charge in [0.25, 0.3) is 0 Å². The number of imidazole rings is 1. The second kappa shape index (κ2) is 19.9. The van der Waals surface area contributed by atoms with Crippen LogP contribution in [0.1, 0.15) is 161 Å². The fraction of sp³-hybridized carbons (Fsp3) is 0.284. The molecular weight excluding hydrogens is 1060 g/mol.